The van der Waals surface area contributed by atoms with Crippen LogP contribution in [0.1, 0.15) is 35.3 Å². The van der Waals surface area contributed by atoms with Gasteiger partial charge < -0.3 is 5.32 Å². The van der Waals surface area contributed by atoms with Crippen molar-refractivity contribution in [3.05, 3.63) is 87.3 Å². The van der Waals surface area contributed by atoms with Gasteiger partial charge >= 0.3 is 0 Å². The Kier molecular flexibility index (Phi) is 5.06. The van der Waals surface area contributed by atoms with Gasteiger partial charge in [-0.1, -0.05) is 48.0 Å². The maximum atomic E-state index is 13.2. The molecule has 0 aliphatic carbocycles. The Hall–Kier alpha value is -3.94. The van der Waals surface area contributed by atoms with E-state index in [2.05, 4.69) is 10.4 Å². The van der Waals surface area contributed by atoms with Crippen LogP contribution in [0.5, 0.6) is 0 Å². The highest BCUT2D eigenvalue weighted by molar-refractivity contribution is 6.11. The zero-order valence-corrected chi connectivity index (χ0v) is 17.8. The number of nitrogens with one attached hydrogen (secondary N) is 1. The van der Waals surface area contributed by atoms with Gasteiger partial charge in [-0.15, -0.1) is 0 Å². The molecule has 1 aromatic heterocycles. The summed E-state index contributed by atoms with van der Waals surface area (Å²) in [5.41, 5.74) is 2.94. The van der Waals surface area contributed by atoms with Gasteiger partial charge in [0.2, 0.25) is 5.91 Å². The number of carbonyl (C=O) groups excluding carboxylic acids is 2. The second-order valence-corrected chi connectivity index (χ2v) is 7.55. The van der Waals surface area contributed by atoms with Gasteiger partial charge in [-0.05, 0) is 26.0 Å². The van der Waals surface area contributed by atoms with Crippen LogP contribution < -0.4 is 10.9 Å². The van der Waals surface area contributed by atoms with Crippen LogP contribution in [0.15, 0.2) is 64.5 Å². The molecule has 0 radical (unpaired) electrons. The number of aromatic nitrogens is 2. The molecule has 0 fully saturated rings. The number of amidine groups is 1. The van der Waals surface area contributed by atoms with Gasteiger partial charge in [-0.3, -0.25) is 19.1 Å². The first-order chi connectivity index (χ1) is 14.8. The van der Waals surface area contributed by atoms with Crippen molar-refractivity contribution in [3.63, 3.8) is 0 Å². The van der Waals surface area contributed by atoms with E-state index in [0.717, 1.165) is 16.3 Å². The molecule has 1 N–H and O–H groups in total. The van der Waals surface area contributed by atoms with Crippen molar-refractivity contribution in [1.29, 1.82) is 0 Å². The summed E-state index contributed by atoms with van der Waals surface area (Å²) in [6.45, 7) is 5.04. The first-order valence-electron chi connectivity index (χ1n) is 9.90. The lowest BCUT2D eigenvalue weighted by atomic mass is 10.0. The van der Waals surface area contributed by atoms with Gasteiger partial charge in [0.15, 0.2) is 11.9 Å². The van der Waals surface area contributed by atoms with Crippen LogP contribution in [-0.2, 0) is 16.6 Å². The van der Waals surface area contributed by atoms with Crippen LogP contribution >= 0.6 is 0 Å². The van der Waals surface area contributed by atoms with Crippen molar-refractivity contribution in [2.24, 2.45) is 12.1 Å². The molecule has 1 aliphatic rings. The highest BCUT2D eigenvalue weighted by Crippen LogP contribution is 2.27. The number of para-hydroxylation sites is 1. The Morgan fingerprint density at radius 1 is 1.00 bits per heavy atom. The number of hydrogen-bond donors (Lipinski definition) is 1. The molecule has 4 rings (SSSR count). The minimum atomic E-state index is -1.16. The topological polar surface area (TPSA) is 88.7 Å². The summed E-state index contributed by atoms with van der Waals surface area (Å²) in [4.78, 5) is 38.8. The lowest BCUT2D eigenvalue weighted by Crippen LogP contribution is -2.50. The number of amides is 2. The molecule has 1 atom stereocenters. The highest BCUT2D eigenvalue weighted by Gasteiger charge is 2.39. The summed E-state index contributed by atoms with van der Waals surface area (Å²) in [7, 11) is 1.63. The standard InChI is InChI=1S/C23H23N5O3/c1-14-10-12-17(13-11-14)21-24-22(30)20(27(25-21)16(3)29)19-15(2)28(26(4)23(19)31)18-8-6-5-7-9-18/h5-13,20H,1-4H3,(H,24,25,30). The summed E-state index contributed by atoms with van der Waals surface area (Å²) >= 11 is 0. The number of rotatable bonds is 3. The maximum absolute atomic E-state index is 13.2. The molecule has 1 aliphatic heterocycles. The third kappa shape index (κ3) is 3.46. The van der Waals surface area contributed by atoms with Gasteiger partial charge in [-0.2, -0.15) is 5.10 Å². The molecule has 158 valence electrons. The lowest BCUT2D eigenvalue weighted by Gasteiger charge is -2.30. The number of aryl methyl sites for hydroxylation is 1. The van der Waals surface area contributed by atoms with Crippen LogP contribution in [0, 0.1) is 13.8 Å². The van der Waals surface area contributed by atoms with Gasteiger partial charge in [0.05, 0.1) is 11.3 Å². The minimum absolute atomic E-state index is 0.214. The average Bonchev–Trinajstić information content (AvgIpc) is 2.97. The van der Waals surface area contributed by atoms with Crippen molar-refractivity contribution in [2.45, 2.75) is 26.8 Å². The van der Waals surface area contributed by atoms with E-state index in [1.807, 2.05) is 61.5 Å². The molecule has 2 aromatic carbocycles. The maximum Gasteiger partial charge on any atom is 0.272 e. The summed E-state index contributed by atoms with van der Waals surface area (Å²) in [6, 6.07) is 15.6. The van der Waals surface area contributed by atoms with Crippen molar-refractivity contribution < 1.29 is 9.59 Å². The van der Waals surface area contributed by atoms with E-state index >= 15 is 0 Å². The zero-order valence-electron chi connectivity index (χ0n) is 17.8. The normalized spacial score (nSPS) is 16.1. The molecule has 0 bridgehead atoms. The first kappa shape index (κ1) is 20.3. The first-order valence-corrected chi connectivity index (χ1v) is 9.90. The molecular weight excluding hydrogens is 394 g/mol. The molecule has 0 spiro atoms. The van der Waals surface area contributed by atoms with E-state index in [4.69, 9.17) is 0 Å². The van der Waals surface area contributed by atoms with Gasteiger partial charge in [-0.25, -0.2) is 9.69 Å². The second-order valence-electron chi connectivity index (χ2n) is 7.55. The van der Waals surface area contributed by atoms with Crippen LogP contribution in [0.3, 0.4) is 0 Å². The van der Waals surface area contributed by atoms with E-state index in [1.54, 1.807) is 18.7 Å². The fraction of sp³-hybridized carbons (Fsp3) is 0.217. The molecule has 3 aromatic rings. The van der Waals surface area contributed by atoms with Gasteiger partial charge in [0.1, 0.15) is 0 Å². The fourth-order valence-electron chi connectivity index (χ4n) is 3.84. The Bertz CT molecular complexity index is 1250. The van der Waals surface area contributed by atoms with Crippen LogP contribution in [-0.4, -0.2) is 32.0 Å². The predicted octanol–water partition coefficient (Wildman–Crippen LogP) is 2.17. The SMILES string of the molecule is CC(=O)N1N=C(c2ccc(C)cc2)NC(=O)C1c1c(C)n(-c2ccccc2)n(C)c1=O. The molecule has 2 amide bonds. The highest BCUT2D eigenvalue weighted by atomic mass is 16.2. The summed E-state index contributed by atoms with van der Waals surface area (Å²) in [5, 5.41) is 8.25. The minimum Gasteiger partial charge on any atom is -0.307 e. The molecular formula is C23H23N5O3. The summed E-state index contributed by atoms with van der Waals surface area (Å²) in [5.74, 6) is -0.640. The Balaban J connectivity index is 1.85. The Morgan fingerprint density at radius 3 is 2.26 bits per heavy atom. The quantitative estimate of drug-likeness (QED) is 0.708. The molecule has 8 heteroatoms. The van der Waals surface area contributed by atoms with Crippen LogP contribution in [0.25, 0.3) is 5.69 Å². The summed E-state index contributed by atoms with van der Waals surface area (Å²) < 4.78 is 3.16. The predicted molar refractivity (Wildman–Crippen MR) is 117 cm³/mol. The molecule has 0 saturated carbocycles. The van der Waals surface area contributed by atoms with E-state index in [9.17, 15) is 14.4 Å². The molecule has 2 heterocycles. The van der Waals surface area contributed by atoms with E-state index in [1.165, 1.54) is 11.6 Å². The molecule has 8 nitrogen and oxygen atoms in total. The van der Waals surface area contributed by atoms with E-state index in [0.29, 0.717) is 11.3 Å². The van der Waals surface area contributed by atoms with E-state index in [-0.39, 0.29) is 17.0 Å². The monoisotopic (exact) mass is 417 g/mol. The van der Waals surface area contributed by atoms with Crippen LogP contribution in [0.4, 0.5) is 0 Å². The van der Waals surface area contributed by atoms with Crippen molar-refractivity contribution in [3.8, 4) is 5.69 Å². The molecule has 31 heavy (non-hydrogen) atoms. The fourth-order valence-corrected chi connectivity index (χ4v) is 3.84. The number of nitrogens with zero attached hydrogens (tertiary/aromatic N) is 4. The molecule has 0 saturated heterocycles. The zero-order chi connectivity index (χ0) is 22.3. The van der Waals surface area contributed by atoms with Gasteiger partial charge in [0, 0.05) is 25.2 Å². The van der Waals surface area contributed by atoms with Crippen molar-refractivity contribution >= 4 is 17.6 Å². The summed E-state index contributed by atoms with van der Waals surface area (Å²) in [6.07, 6.45) is 0. The van der Waals surface area contributed by atoms with Gasteiger partial charge in [0.25, 0.3) is 11.5 Å². The van der Waals surface area contributed by atoms with Crippen molar-refractivity contribution in [1.82, 2.24) is 19.7 Å². The number of carbonyl (C=O) groups is 2. The number of hydrazone groups is 1. The largest absolute Gasteiger partial charge is 0.307 e. The lowest BCUT2D eigenvalue weighted by molar-refractivity contribution is -0.139. The average molecular weight is 417 g/mol. The Morgan fingerprint density at radius 2 is 1.65 bits per heavy atom. The smallest absolute Gasteiger partial charge is 0.272 e. The third-order valence-corrected chi connectivity index (χ3v) is 5.40. The third-order valence-electron chi connectivity index (χ3n) is 5.40. The Labute approximate surface area is 179 Å². The second kappa shape index (κ2) is 7.71. The van der Waals surface area contributed by atoms with Crippen LogP contribution in [0.2, 0.25) is 0 Å². The van der Waals surface area contributed by atoms with E-state index < -0.39 is 17.9 Å². The molecule has 1 unspecified atom stereocenters. The number of hydrogen-bond acceptors (Lipinski definition) is 4. The van der Waals surface area contributed by atoms with Crippen molar-refractivity contribution in [2.75, 3.05) is 0 Å². The number of benzene rings is 2.